The molecular weight excluding hydrogens is 276 g/mol. The summed E-state index contributed by atoms with van der Waals surface area (Å²) in [5.74, 6) is -0.0759. The number of rotatable bonds is 7. The predicted octanol–water partition coefficient (Wildman–Crippen LogP) is 1.96. The van der Waals surface area contributed by atoms with E-state index in [1.165, 1.54) is 0 Å². The molecular formula is C14H20N2O3S. The van der Waals surface area contributed by atoms with Gasteiger partial charge in [-0.15, -0.1) is 0 Å². The third-order valence-corrected chi connectivity index (χ3v) is 4.09. The van der Waals surface area contributed by atoms with Crippen molar-refractivity contribution in [2.45, 2.75) is 32.9 Å². The van der Waals surface area contributed by atoms with E-state index in [9.17, 15) is 8.42 Å². The first-order valence-electron chi connectivity index (χ1n) is 6.45. The van der Waals surface area contributed by atoms with Crippen molar-refractivity contribution in [2.24, 2.45) is 0 Å². The van der Waals surface area contributed by atoms with Crippen molar-refractivity contribution in [3.63, 3.8) is 0 Å². The Balaban J connectivity index is 2.64. The molecule has 0 heterocycles. The summed E-state index contributed by atoms with van der Waals surface area (Å²) in [6.07, 6.45) is 0.00920. The standard InChI is InChI=1S/C14H20N2O3S/c1-11(2)19-7-8-20(17,18)16-12(3)14-6-4-5-13(9-14)10-15/h4-6,9,11-12,16H,7-8H2,1-3H3/t12-/m1/s1. The van der Waals surface area contributed by atoms with Crippen LogP contribution in [0.1, 0.15) is 37.9 Å². The zero-order chi connectivity index (χ0) is 15.2. The Morgan fingerprint density at radius 1 is 1.35 bits per heavy atom. The molecule has 0 saturated carbocycles. The maximum absolute atomic E-state index is 11.9. The number of benzene rings is 1. The largest absolute Gasteiger partial charge is 0.378 e. The minimum Gasteiger partial charge on any atom is -0.378 e. The highest BCUT2D eigenvalue weighted by atomic mass is 32.2. The van der Waals surface area contributed by atoms with Gasteiger partial charge in [-0.3, -0.25) is 0 Å². The van der Waals surface area contributed by atoms with Gasteiger partial charge in [0.25, 0.3) is 0 Å². The van der Waals surface area contributed by atoms with Gasteiger partial charge in [-0.1, -0.05) is 12.1 Å². The number of nitriles is 1. The second-order valence-corrected chi connectivity index (χ2v) is 6.69. The zero-order valence-corrected chi connectivity index (χ0v) is 12.8. The van der Waals surface area contributed by atoms with Crippen molar-refractivity contribution in [3.05, 3.63) is 35.4 Å². The molecule has 0 saturated heterocycles. The molecule has 20 heavy (non-hydrogen) atoms. The minimum absolute atomic E-state index is 0.00920. The summed E-state index contributed by atoms with van der Waals surface area (Å²) in [6, 6.07) is 8.54. The van der Waals surface area contributed by atoms with Crippen LogP contribution < -0.4 is 4.72 Å². The highest BCUT2D eigenvalue weighted by Gasteiger charge is 2.16. The van der Waals surface area contributed by atoms with Crippen LogP contribution in [0.4, 0.5) is 0 Å². The highest BCUT2D eigenvalue weighted by Crippen LogP contribution is 2.14. The van der Waals surface area contributed by atoms with E-state index < -0.39 is 10.0 Å². The maximum atomic E-state index is 11.9. The molecule has 0 aliphatic carbocycles. The Morgan fingerprint density at radius 3 is 2.65 bits per heavy atom. The second kappa shape index (κ2) is 7.39. The zero-order valence-electron chi connectivity index (χ0n) is 12.0. The lowest BCUT2D eigenvalue weighted by molar-refractivity contribution is 0.0911. The van der Waals surface area contributed by atoms with Crippen LogP contribution in [0, 0.1) is 11.3 Å². The minimum atomic E-state index is -3.40. The smallest absolute Gasteiger partial charge is 0.214 e. The lowest BCUT2D eigenvalue weighted by atomic mass is 10.1. The molecule has 6 heteroatoms. The predicted molar refractivity (Wildman–Crippen MR) is 77.6 cm³/mol. The molecule has 0 unspecified atom stereocenters. The molecule has 0 bridgehead atoms. The first-order chi connectivity index (χ1) is 9.34. The van der Waals surface area contributed by atoms with Crippen molar-refractivity contribution in [3.8, 4) is 6.07 Å². The van der Waals surface area contributed by atoms with Crippen LogP contribution in [0.25, 0.3) is 0 Å². The van der Waals surface area contributed by atoms with E-state index in [1.54, 1.807) is 31.2 Å². The quantitative estimate of drug-likeness (QED) is 0.834. The number of hydrogen-bond donors (Lipinski definition) is 1. The normalized spacial score (nSPS) is 13.2. The summed E-state index contributed by atoms with van der Waals surface area (Å²) in [4.78, 5) is 0. The molecule has 0 aliphatic rings. The van der Waals surface area contributed by atoms with Gasteiger partial charge in [0, 0.05) is 6.04 Å². The average Bonchev–Trinajstić information content (AvgIpc) is 2.37. The van der Waals surface area contributed by atoms with Crippen LogP contribution in [0.5, 0.6) is 0 Å². The van der Waals surface area contributed by atoms with Crippen molar-refractivity contribution >= 4 is 10.0 Å². The molecule has 0 aromatic heterocycles. The number of hydrogen-bond acceptors (Lipinski definition) is 4. The van der Waals surface area contributed by atoms with Crippen molar-refractivity contribution in [1.29, 1.82) is 5.26 Å². The third kappa shape index (κ3) is 5.70. The molecule has 1 atom stereocenters. The highest BCUT2D eigenvalue weighted by molar-refractivity contribution is 7.89. The van der Waals surface area contributed by atoms with Gasteiger partial charge in [0.05, 0.1) is 30.1 Å². The molecule has 0 spiro atoms. The second-order valence-electron chi connectivity index (χ2n) is 4.82. The van der Waals surface area contributed by atoms with Crippen LogP contribution in [-0.2, 0) is 14.8 Å². The monoisotopic (exact) mass is 296 g/mol. The van der Waals surface area contributed by atoms with Crippen molar-refractivity contribution in [1.82, 2.24) is 4.72 Å². The van der Waals surface area contributed by atoms with Crippen molar-refractivity contribution < 1.29 is 13.2 Å². The number of nitrogens with zero attached hydrogens (tertiary/aromatic N) is 1. The average molecular weight is 296 g/mol. The summed E-state index contributed by atoms with van der Waals surface area (Å²) < 4.78 is 31.6. The first-order valence-corrected chi connectivity index (χ1v) is 8.11. The van der Waals surface area contributed by atoms with Gasteiger partial charge in [0.2, 0.25) is 10.0 Å². The third-order valence-electron chi connectivity index (χ3n) is 2.68. The van der Waals surface area contributed by atoms with Gasteiger partial charge < -0.3 is 4.74 Å². The molecule has 110 valence electrons. The van der Waals surface area contributed by atoms with E-state index in [0.29, 0.717) is 5.56 Å². The summed E-state index contributed by atoms with van der Waals surface area (Å²) in [7, 11) is -3.40. The SMILES string of the molecule is CC(C)OCCS(=O)(=O)N[C@H](C)c1cccc(C#N)c1. The van der Waals surface area contributed by atoms with E-state index in [0.717, 1.165) is 5.56 Å². The van der Waals surface area contributed by atoms with E-state index in [4.69, 9.17) is 10.00 Å². The van der Waals surface area contributed by atoms with Gasteiger partial charge in [0.15, 0.2) is 0 Å². The fourth-order valence-corrected chi connectivity index (χ4v) is 2.78. The Kier molecular flexibility index (Phi) is 6.14. The maximum Gasteiger partial charge on any atom is 0.214 e. The Hall–Kier alpha value is -1.42. The molecule has 1 aromatic rings. The lowest BCUT2D eigenvalue weighted by Gasteiger charge is -2.15. The number of sulfonamides is 1. The Labute approximate surface area is 120 Å². The molecule has 0 radical (unpaired) electrons. The number of ether oxygens (including phenoxy) is 1. The Morgan fingerprint density at radius 2 is 2.05 bits per heavy atom. The van der Waals surface area contributed by atoms with Crippen LogP contribution >= 0.6 is 0 Å². The topological polar surface area (TPSA) is 79.2 Å². The van der Waals surface area contributed by atoms with Crippen LogP contribution in [-0.4, -0.2) is 26.9 Å². The molecule has 1 N–H and O–H groups in total. The molecule has 5 nitrogen and oxygen atoms in total. The van der Waals surface area contributed by atoms with E-state index in [1.807, 2.05) is 19.9 Å². The summed E-state index contributed by atoms with van der Waals surface area (Å²) in [5.41, 5.74) is 1.27. The lowest BCUT2D eigenvalue weighted by Crippen LogP contribution is -2.31. The van der Waals surface area contributed by atoms with E-state index >= 15 is 0 Å². The molecule has 1 aromatic carbocycles. The Bertz CT molecular complexity index is 576. The van der Waals surface area contributed by atoms with Crippen molar-refractivity contribution in [2.75, 3.05) is 12.4 Å². The summed E-state index contributed by atoms with van der Waals surface area (Å²) >= 11 is 0. The van der Waals surface area contributed by atoms with Gasteiger partial charge in [-0.05, 0) is 38.5 Å². The van der Waals surface area contributed by atoms with Gasteiger partial charge in [-0.25, -0.2) is 13.1 Å². The van der Waals surface area contributed by atoms with Crippen LogP contribution in [0.3, 0.4) is 0 Å². The van der Waals surface area contributed by atoms with E-state index in [-0.39, 0.29) is 24.5 Å². The fraction of sp³-hybridized carbons (Fsp3) is 0.500. The summed E-state index contributed by atoms with van der Waals surface area (Å²) in [5, 5.41) is 8.84. The van der Waals surface area contributed by atoms with Gasteiger partial charge in [-0.2, -0.15) is 5.26 Å². The van der Waals surface area contributed by atoms with Crippen LogP contribution in [0.15, 0.2) is 24.3 Å². The molecule has 1 rings (SSSR count). The van der Waals surface area contributed by atoms with Gasteiger partial charge in [0.1, 0.15) is 0 Å². The number of nitrogens with one attached hydrogen (secondary N) is 1. The van der Waals surface area contributed by atoms with Gasteiger partial charge >= 0.3 is 0 Å². The van der Waals surface area contributed by atoms with E-state index in [2.05, 4.69) is 4.72 Å². The molecule has 0 aliphatic heterocycles. The first kappa shape index (κ1) is 16.6. The van der Waals surface area contributed by atoms with Crippen LogP contribution in [0.2, 0.25) is 0 Å². The molecule has 0 amide bonds. The fourth-order valence-electron chi connectivity index (χ4n) is 1.67. The molecule has 0 fully saturated rings. The summed E-state index contributed by atoms with van der Waals surface area (Å²) in [6.45, 7) is 5.63.